The van der Waals surface area contributed by atoms with Crippen LogP contribution in [-0.2, 0) is 11.3 Å². The number of hydrogen-bond acceptors (Lipinski definition) is 4. The Kier molecular flexibility index (Phi) is 4.13. The minimum absolute atomic E-state index is 0.840. The van der Waals surface area contributed by atoms with Crippen LogP contribution in [0.4, 0.5) is 5.69 Å². The first-order valence-corrected chi connectivity index (χ1v) is 5.87. The summed E-state index contributed by atoms with van der Waals surface area (Å²) in [6.07, 6.45) is 1.87. The maximum Gasteiger partial charge on any atom is 0.0594 e. The van der Waals surface area contributed by atoms with Crippen molar-refractivity contribution in [3.8, 4) is 0 Å². The molecule has 1 saturated heterocycles. The lowest BCUT2D eigenvalue weighted by molar-refractivity contribution is 0.0336. The van der Waals surface area contributed by atoms with E-state index in [0.717, 1.165) is 50.8 Å². The molecule has 0 saturated carbocycles. The van der Waals surface area contributed by atoms with E-state index in [2.05, 4.69) is 28.2 Å². The van der Waals surface area contributed by atoms with E-state index < -0.39 is 0 Å². The van der Waals surface area contributed by atoms with Crippen LogP contribution in [0.25, 0.3) is 0 Å². The molecule has 0 spiro atoms. The van der Waals surface area contributed by atoms with Gasteiger partial charge >= 0.3 is 0 Å². The molecule has 1 aliphatic heterocycles. The standard InChI is InChI=1S/C12H19N3O/c1-2-13-11-3-4-14-12(9-11)10-15-5-7-16-8-6-15/h3-4,9H,2,5-8,10H2,1H3,(H,13,14). The Morgan fingerprint density at radius 1 is 1.44 bits per heavy atom. The molecule has 2 heterocycles. The molecule has 0 unspecified atom stereocenters. The zero-order valence-electron chi connectivity index (χ0n) is 9.78. The molecule has 1 aromatic heterocycles. The third-order valence-corrected chi connectivity index (χ3v) is 2.69. The highest BCUT2D eigenvalue weighted by molar-refractivity contribution is 5.42. The fraction of sp³-hybridized carbons (Fsp3) is 0.583. The molecule has 1 aromatic rings. The molecule has 1 aliphatic rings. The van der Waals surface area contributed by atoms with E-state index in [1.807, 2.05) is 12.3 Å². The van der Waals surface area contributed by atoms with Crippen molar-refractivity contribution in [3.05, 3.63) is 24.0 Å². The van der Waals surface area contributed by atoms with E-state index >= 15 is 0 Å². The molecule has 0 atom stereocenters. The molecule has 88 valence electrons. The molecule has 1 fully saturated rings. The van der Waals surface area contributed by atoms with Crippen molar-refractivity contribution in [2.45, 2.75) is 13.5 Å². The van der Waals surface area contributed by atoms with Gasteiger partial charge in [0.2, 0.25) is 0 Å². The molecular formula is C12H19N3O. The topological polar surface area (TPSA) is 37.4 Å². The van der Waals surface area contributed by atoms with E-state index in [9.17, 15) is 0 Å². The molecule has 1 N–H and O–H groups in total. The summed E-state index contributed by atoms with van der Waals surface area (Å²) in [5.74, 6) is 0. The molecule has 4 nitrogen and oxygen atoms in total. The quantitative estimate of drug-likeness (QED) is 0.832. The summed E-state index contributed by atoms with van der Waals surface area (Å²) in [7, 11) is 0. The van der Waals surface area contributed by atoms with Crippen molar-refractivity contribution in [1.82, 2.24) is 9.88 Å². The third-order valence-electron chi connectivity index (χ3n) is 2.69. The van der Waals surface area contributed by atoms with Crippen molar-refractivity contribution in [1.29, 1.82) is 0 Å². The molecular weight excluding hydrogens is 202 g/mol. The summed E-state index contributed by atoms with van der Waals surface area (Å²) in [5, 5.41) is 3.30. The Morgan fingerprint density at radius 2 is 2.25 bits per heavy atom. The monoisotopic (exact) mass is 221 g/mol. The van der Waals surface area contributed by atoms with Gasteiger partial charge in [0.05, 0.1) is 18.9 Å². The van der Waals surface area contributed by atoms with Crippen molar-refractivity contribution < 1.29 is 4.74 Å². The van der Waals surface area contributed by atoms with Crippen LogP contribution in [-0.4, -0.2) is 42.7 Å². The van der Waals surface area contributed by atoms with Gasteiger partial charge in [0, 0.05) is 38.1 Å². The van der Waals surface area contributed by atoms with Crippen LogP contribution < -0.4 is 5.32 Å². The van der Waals surface area contributed by atoms with Gasteiger partial charge in [0.1, 0.15) is 0 Å². The van der Waals surface area contributed by atoms with Crippen LogP contribution in [0.1, 0.15) is 12.6 Å². The first-order valence-electron chi connectivity index (χ1n) is 5.87. The molecule has 0 aliphatic carbocycles. The van der Waals surface area contributed by atoms with Gasteiger partial charge in [-0.05, 0) is 19.1 Å². The Balaban J connectivity index is 1.94. The second-order valence-electron chi connectivity index (χ2n) is 3.95. The maximum absolute atomic E-state index is 5.33. The van der Waals surface area contributed by atoms with E-state index in [1.165, 1.54) is 0 Å². The van der Waals surface area contributed by atoms with E-state index in [1.54, 1.807) is 0 Å². The van der Waals surface area contributed by atoms with Gasteiger partial charge in [-0.25, -0.2) is 0 Å². The van der Waals surface area contributed by atoms with Crippen LogP contribution >= 0.6 is 0 Å². The van der Waals surface area contributed by atoms with Gasteiger partial charge in [0.15, 0.2) is 0 Å². The zero-order chi connectivity index (χ0) is 11.2. The highest BCUT2D eigenvalue weighted by atomic mass is 16.5. The van der Waals surface area contributed by atoms with Crippen LogP contribution in [0.15, 0.2) is 18.3 Å². The largest absolute Gasteiger partial charge is 0.385 e. The summed E-state index contributed by atoms with van der Waals surface area (Å²) in [4.78, 5) is 6.77. The summed E-state index contributed by atoms with van der Waals surface area (Å²) in [6.45, 7) is 7.66. The number of anilines is 1. The predicted octanol–water partition coefficient (Wildman–Crippen LogP) is 1.35. The fourth-order valence-electron chi connectivity index (χ4n) is 1.87. The Labute approximate surface area is 96.6 Å². The van der Waals surface area contributed by atoms with Crippen molar-refractivity contribution >= 4 is 5.69 Å². The van der Waals surface area contributed by atoms with Gasteiger partial charge in [-0.15, -0.1) is 0 Å². The van der Waals surface area contributed by atoms with Crippen LogP contribution in [0.3, 0.4) is 0 Å². The van der Waals surface area contributed by atoms with Gasteiger partial charge in [-0.2, -0.15) is 0 Å². The van der Waals surface area contributed by atoms with Crippen LogP contribution in [0, 0.1) is 0 Å². The number of ether oxygens (including phenoxy) is 1. The summed E-state index contributed by atoms with van der Waals surface area (Å²) in [5.41, 5.74) is 2.28. The number of rotatable bonds is 4. The highest BCUT2D eigenvalue weighted by Crippen LogP contribution is 2.10. The second kappa shape index (κ2) is 5.82. The summed E-state index contributed by atoms with van der Waals surface area (Å²) < 4.78 is 5.33. The lowest BCUT2D eigenvalue weighted by Crippen LogP contribution is -2.35. The van der Waals surface area contributed by atoms with Crippen molar-refractivity contribution in [2.75, 3.05) is 38.2 Å². The Bertz CT molecular complexity index is 324. The maximum atomic E-state index is 5.33. The summed E-state index contributed by atoms with van der Waals surface area (Å²) in [6, 6.07) is 4.13. The number of pyridine rings is 1. The number of morpholine rings is 1. The Hall–Kier alpha value is -1.13. The first kappa shape index (κ1) is 11.4. The average Bonchev–Trinajstić information content (AvgIpc) is 2.31. The molecule has 0 amide bonds. The number of nitrogens with zero attached hydrogens (tertiary/aromatic N) is 2. The first-order chi connectivity index (χ1) is 7.88. The molecule has 16 heavy (non-hydrogen) atoms. The predicted molar refractivity (Wildman–Crippen MR) is 64.5 cm³/mol. The van der Waals surface area contributed by atoms with Gasteiger partial charge in [-0.3, -0.25) is 9.88 Å². The zero-order valence-corrected chi connectivity index (χ0v) is 9.78. The third kappa shape index (κ3) is 3.18. The van der Waals surface area contributed by atoms with Crippen molar-refractivity contribution in [3.63, 3.8) is 0 Å². The van der Waals surface area contributed by atoms with Gasteiger partial charge in [-0.1, -0.05) is 0 Å². The molecule has 0 aromatic carbocycles. The minimum atomic E-state index is 0.840. The van der Waals surface area contributed by atoms with Gasteiger partial charge in [0.25, 0.3) is 0 Å². The number of hydrogen-bond donors (Lipinski definition) is 1. The van der Waals surface area contributed by atoms with Crippen LogP contribution in [0.2, 0.25) is 0 Å². The van der Waals surface area contributed by atoms with E-state index in [-0.39, 0.29) is 0 Å². The van der Waals surface area contributed by atoms with Gasteiger partial charge < -0.3 is 10.1 Å². The molecule has 0 radical (unpaired) electrons. The molecule has 2 rings (SSSR count). The average molecular weight is 221 g/mol. The second-order valence-corrected chi connectivity index (χ2v) is 3.95. The lowest BCUT2D eigenvalue weighted by atomic mass is 10.3. The minimum Gasteiger partial charge on any atom is -0.385 e. The fourth-order valence-corrected chi connectivity index (χ4v) is 1.87. The number of nitrogens with one attached hydrogen (secondary N) is 1. The van der Waals surface area contributed by atoms with Crippen molar-refractivity contribution in [2.24, 2.45) is 0 Å². The molecule has 4 heteroatoms. The molecule has 0 bridgehead atoms. The van der Waals surface area contributed by atoms with Crippen LogP contribution in [0.5, 0.6) is 0 Å². The van der Waals surface area contributed by atoms with E-state index in [0.29, 0.717) is 0 Å². The summed E-state index contributed by atoms with van der Waals surface area (Å²) >= 11 is 0. The normalized spacial score (nSPS) is 17.3. The van der Waals surface area contributed by atoms with E-state index in [4.69, 9.17) is 4.74 Å². The highest BCUT2D eigenvalue weighted by Gasteiger charge is 2.11. The SMILES string of the molecule is CCNc1ccnc(CN2CCOCC2)c1. The Morgan fingerprint density at radius 3 is 3.00 bits per heavy atom. The lowest BCUT2D eigenvalue weighted by Gasteiger charge is -2.26. The smallest absolute Gasteiger partial charge is 0.0594 e. The number of aromatic nitrogens is 1.